The molecule has 0 saturated carbocycles. The van der Waals surface area contributed by atoms with Gasteiger partial charge in [-0.15, -0.1) is 0 Å². The van der Waals surface area contributed by atoms with Crippen molar-refractivity contribution >= 4 is 29.1 Å². The summed E-state index contributed by atoms with van der Waals surface area (Å²) in [6.45, 7) is 2.09. The first-order valence-electron chi connectivity index (χ1n) is 8.18. The minimum absolute atomic E-state index is 0.160. The van der Waals surface area contributed by atoms with Crippen LogP contribution in [0.5, 0.6) is 0 Å². The summed E-state index contributed by atoms with van der Waals surface area (Å²) in [6.07, 6.45) is 0.668. The van der Waals surface area contributed by atoms with Gasteiger partial charge in [-0.05, 0) is 35.7 Å². The lowest BCUT2D eigenvalue weighted by molar-refractivity contribution is -0.143. The van der Waals surface area contributed by atoms with Crippen molar-refractivity contribution in [1.82, 2.24) is 4.90 Å². The average molecular weight is 355 g/mol. The number of amides is 3. The predicted octanol–water partition coefficient (Wildman–Crippen LogP) is 2.31. The largest absolute Gasteiger partial charge is 0.330 e. The highest BCUT2D eigenvalue weighted by Gasteiger charge is 2.26. The lowest BCUT2D eigenvalue weighted by Gasteiger charge is -2.28. The first-order chi connectivity index (χ1) is 12.4. The Kier molecular flexibility index (Phi) is 4.97. The van der Waals surface area contributed by atoms with Crippen LogP contribution in [-0.2, 0) is 27.3 Å². The maximum Gasteiger partial charge on any atom is 0.313 e. The monoisotopic (exact) mass is 355 g/mol. The van der Waals surface area contributed by atoms with E-state index in [9.17, 15) is 18.8 Å². The van der Waals surface area contributed by atoms with Crippen LogP contribution < -0.4 is 10.6 Å². The van der Waals surface area contributed by atoms with Crippen LogP contribution in [0.25, 0.3) is 0 Å². The third kappa shape index (κ3) is 3.88. The van der Waals surface area contributed by atoms with E-state index in [2.05, 4.69) is 10.6 Å². The van der Waals surface area contributed by atoms with E-state index in [-0.39, 0.29) is 11.6 Å². The molecule has 1 heterocycles. The minimum atomic E-state index is -0.914. The molecule has 0 bridgehead atoms. The smallest absolute Gasteiger partial charge is 0.313 e. The van der Waals surface area contributed by atoms with Gasteiger partial charge in [0.15, 0.2) is 0 Å². The number of anilines is 2. The van der Waals surface area contributed by atoms with Crippen LogP contribution in [0.2, 0.25) is 0 Å². The van der Waals surface area contributed by atoms with Crippen molar-refractivity contribution in [3.05, 3.63) is 59.4 Å². The van der Waals surface area contributed by atoms with Gasteiger partial charge in [0, 0.05) is 25.7 Å². The summed E-state index contributed by atoms with van der Waals surface area (Å²) in [5, 5.41) is 4.79. The maximum atomic E-state index is 13.9. The van der Waals surface area contributed by atoms with Gasteiger partial charge in [0.05, 0.1) is 5.69 Å². The van der Waals surface area contributed by atoms with Crippen LogP contribution in [0.1, 0.15) is 18.1 Å². The van der Waals surface area contributed by atoms with E-state index >= 15 is 0 Å². The lowest BCUT2D eigenvalue weighted by Crippen LogP contribution is -2.42. The second kappa shape index (κ2) is 7.35. The molecule has 1 aliphatic rings. The summed E-state index contributed by atoms with van der Waals surface area (Å²) in [5.74, 6) is -2.65. The van der Waals surface area contributed by atoms with Crippen molar-refractivity contribution in [1.29, 1.82) is 0 Å². The molecule has 0 radical (unpaired) electrons. The van der Waals surface area contributed by atoms with Crippen molar-refractivity contribution < 1.29 is 18.8 Å². The topological polar surface area (TPSA) is 78.5 Å². The number of nitrogens with zero attached hydrogens (tertiary/aromatic N) is 1. The van der Waals surface area contributed by atoms with E-state index in [4.69, 9.17) is 0 Å². The second-order valence-electron chi connectivity index (χ2n) is 6.08. The third-order valence-corrected chi connectivity index (χ3v) is 4.15. The molecule has 26 heavy (non-hydrogen) atoms. The molecule has 0 fully saturated rings. The summed E-state index contributed by atoms with van der Waals surface area (Å²) in [5.41, 5.74) is 2.32. The quantitative estimate of drug-likeness (QED) is 0.812. The predicted molar refractivity (Wildman–Crippen MR) is 94.9 cm³/mol. The molecule has 3 amide bonds. The highest BCUT2D eigenvalue weighted by Crippen LogP contribution is 2.21. The highest BCUT2D eigenvalue weighted by molar-refractivity contribution is 6.39. The summed E-state index contributed by atoms with van der Waals surface area (Å²) >= 11 is 0. The second-order valence-corrected chi connectivity index (χ2v) is 6.08. The molecule has 1 aliphatic heterocycles. The Morgan fingerprint density at radius 3 is 2.50 bits per heavy atom. The van der Waals surface area contributed by atoms with Crippen molar-refractivity contribution in [2.24, 2.45) is 0 Å². The van der Waals surface area contributed by atoms with Gasteiger partial charge in [0.1, 0.15) is 5.82 Å². The molecular formula is C19H18FN3O3. The van der Waals surface area contributed by atoms with E-state index in [0.29, 0.717) is 25.2 Å². The first kappa shape index (κ1) is 17.6. The van der Waals surface area contributed by atoms with Gasteiger partial charge in [-0.1, -0.05) is 24.3 Å². The van der Waals surface area contributed by atoms with Crippen molar-refractivity contribution in [2.75, 3.05) is 17.2 Å². The number of hydrogen-bond acceptors (Lipinski definition) is 3. The molecule has 0 aliphatic carbocycles. The third-order valence-electron chi connectivity index (χ3n) is 4.15. The zero-order valence-electron chi connectivity index (χ0n) is 14.2. The molecular weight excluding hydrogens is 337 g/mol. The molecule has 6 nitrogen and oxygen atoms in total. The van der Waals surface area contributed by atoms with Crippen LogP contribution in [0.4, 0.5) is 15.8 Å². The molecule has 0 unspecified atom stereocenters. The van der Waals surface area contributed by atoms with E-state index < -0.39 is 17.6 Å². The van der Waals surface area contributed by atoms with Gasteiger partial charge < -0.3 is 15.5 Å². The van der Waals surface area contributed by atoms with Crippen molar-refractivity contribution in [2.45, 2.75) is 19.9 Å². The number of hydrogen-bond donors (Lipinski definition) is 2. The van der Waals surface area contributed by atoms with Gasteiger partial charge in [-0.3, -0.25) is 14.4 Å². The fourth-order valence-electron chi connectivity index (χ4n) is 2.89. The number of fused-ring (bicyclic) bond motifs is 1. The summed E-state index contributed by atoms with van der Waals surface area (Å²) in [7, 11) is 0. The van der Waals surface area contributed by atoms with Gasteiger partial charge in [-0.25, -0.2) is 4.39 Å². The minimum Gasteiger partial charge on any atom is -0.330 e. The Bertz CT molecular complexity index is 882. The van der Waals surface area contributed by atoms with Crippen molar-refractivity contribution in [3.8, 4) is 0 Å². The Balaban J connectivity index is 1.70. The van der Waals surface area contributed by atoms with Crippen LogP contribution in [-0.4, -0.2) is 29.2 Å². The van der Waals surface area contributed by atoms with Crippen LogP contribution in [0.15, 0.2) is 42.5 Å². The Morgan fingerprint density at radius 2 is 1.77 bits per heavy atom. The van der Waals surface area contributed by atoms with Gasteiger partial charge in [-0.2, -0.15) is 0 Å². The van der Waals surface area contributed by atoms with E-state index in [1.165, 1.54) is 24.0 Å². The van der Waals surface area contributed by atoms with Gasteiger partial charge in [0.25, 0.3) is 0 Å². The van der Waals surface area contributed by atoms with Gasteiger partial charge in [0.2, 0.25) is 5.91 Å². The molecule has 2 aromatic rings. The molecule has 2 N–H and O–H groups in total. The first-order valence-corrected chi connectivity index (χ1v) is 8.18. The summed E-state index contributed by atoms with van der Waals surface area (Å²) in [6, 6.07) is 11.5. The van der Waals surface area contributed by atoms with E-state index in [0.717, 1.165) is 17.2 Å². The number of halogens is 1. The van der Waals surface area contributed by atoms with Crippen LogP contribution in [0.3, 0.4) is 0 Å². The number of benzene rings is 2. The lowest BCUT2D eigenvalue weighted by atomic mass is 10.00. The van der Waals surface area contributed by atoms with Crippen LogP contribution >= 0.6 is 0 Å². The normalized spacial score (nSPS) is 12.9. The standard InChI is InChI=1S/C19H18FN3O3/c1-12(24)21-15-6-7-16(20)17(10-15)22-18(25)19(26)23-9-8-13-4-2-3-5-14(13)11-23/h2-7,10H,8-9,11H2,1H3,(H,21,24)(H,22,25). The molecule has 134 valence electrons. The Morgan fingerprint density at radius 1 is 1.04 bits per heavy atom. The number of carbonyl (C=O) groups excluding carboxylic acids is 3. The zero-order chi connectivity index (χ0) is 18.7. The number of carbonyl (C=O) groups is 3. The number of rotatable bonds is 2. The molecule has 0 atom stereocenters. The Labute approximate surface area is 150 Å². The maximum absolute atomic E-state index is 13.9. The molecule has 2 aromatic carbocycles. The average Bonchev–Trinajstić information content (AvgIpc) is 2.63. The molecule has 3 rings (SSSR count). The summed E-state index contributed by atoms with van der Waals surface area (Å²) in [4.78, 5) is 37.2. The molecule has 0 aromatic heterocycles. The molecule has 7 heteroatoms. The fraction of sp³-hybridized carbons (Fsp3) is 0.211. The van der Waals surface area contributed by atoms with Crippen LogP contribution in [0, 0.1) is 5.82 Å². The van der Waals surface area contributed by atoms with E-state index in [1.54, 1.807) is 0 Å². The zero-order valence-corrected chi connectivity index (χ0v) is 14.2. The molecule has 0 saturated heterocycles. The summed E-state index contributed by atoms with van der Waals surface area (Å²) < 4.78 is 13.9. The fourth-order valence-corrected chi connectivity index (χ4v) is 2.89. The van der Waals surface area contributed by atoms with Gasteiger partial charge >= 0.3 is 11.8 Å². The SMILES string of the molecule is CC(=O)Nc1ccc(F)c(NC(=O)C(=O)N2CCc3ccccc3C2)c1. The molecule has 0 spiro atoms. The van der Waals surface area contributed by atoms with E-state index in [1.807, 2.05) is 24.3 Å². The number of nitrogens with one attached hydrogen (secondary N) is 2. The Hall–Kier alpha value is -3.22. The van der Waals surface area contributed by atoms with Crippen molar-refractivity contribution in [3.63, 3.8) is 0 Å². The highest BCUT2D eigenvalue weighted by atomic mass is 19.1.